The molecule has 0 bridgehead atoms. The second kappa shape index (κ2) is 6.03. The molecule has 2 atom stereocenters. The van der Waals surface area contributed by atoms with Gasteiger partial charge in [-0.1, -0.05) is 38.8 Å². The van der Waals surface area contributed by atoms with E-state index < -0.39 is 0 Å². The molecule has 0 aromatic carbocycles. The molecule has 2 rings (SSSR count). The van der Waals surface area contributed by atoms with Crippen molar-refractivity contribution >= 4 is 5.70 Å². The van der Waals surface area contributed by atoms with Crippen molar-refractivity contribution in [2.24, 2.45) is 16.8 Å². The van der Waals surface area contributed by atoms with Crippen LogP contribution < -0.4 is 5.49 Å². The molecule has 0 spiro atoms. The van der Waals surface area contributed by atoms with E-state index in [2.05, 4.69) is 29.3 Å². The maximum Gasteiger partial charge on any atom is 0.131 e. The van der Waals surface area contributed by atoms with Crippen LogP contribution in [0.25, 0.3) is 5.70 Å². The van der Waals surface area contributed by atoms with E-state index in [0.29, 0.717) is 0 Å². The summed E-state index contributed by atoms with van der Waals surface area (Å²) in [5, 5.41) is 0. The molecule has 0 N–H and O–H groups in total. The molecule has 1 fully saturated rings. The van der Waals surface area contributed by atoms with E-state index in [1.165, 1.54) is 31.4 Å². The zero-order chi connectivity index (χ0) is 13.0. The van der Waals surface area contributed by atoms with Gasteiger partial charge in [0.05, 0.1) is 0 Å². The van der Waals surface area contributed by atoms with Gasteiger partial charge in [0.25, 0.3) is 0 Å². The number of nitrogens with zero attached hydrogens (tertiary/aromatic N) is 2. The minimum Gasteiger partial charge on any atom is -0.307 e. The Kier molecular flexibility index (Phi) is 4.40. The van der Waals surface area contributed by atoms with Gasteiger partial charge in [-0.25, -0.2) is 0 Å². The molecule has 0 radical (unpaired) electrons. The standard InChI is InChI=1S/C16H24N2/c1-13-7-6-8-15(11-13)12-14(2)18-10-5-4-9-16(18)17-3/h4-5,9-10,13,15H,2,6-8,11-12H2,1,3H3/t13-,15+/m1/s1. The van der Waals surface area contributed by atoms with Crippen molar-refractivity contribution in [2.75, 3.05) is 7.05 Å². The molecule has 2 nitrogen and oxygen atoms in total. The van der Waals surface area contributed by atoms with Crippen molar-refractivity contribution in [1.29, 1.82) is 0 Å². The third kappa shape index (κ3) is 3.12. The number of aromatic nitrogens is 1. The number of hydrogen-bond acceptors (Lipinski definition) is 1. The van der Waals surface area contributed by atoms with Crippen LogP contribution in [0, 0.1) is 11.8 Å². The zero-order valence-electron chi connectivity index (χ0n) is 11.6. The first kappa shape index (κ1) is 13.1. The van der Waals surface area contributed by atoms with Crippen LogP contribution in [-0.2, 0) is 0 Å². The van der Waals surface area contributed by atoms with Crippen molar-refractivity contribution < 1.29 is 0 Å². The Morgan fingerprint density at radius 3 is 3.00 bits per heavy atom. The molecule has 1 aromatic rings. The Hall–Kier alpha value is -1.31. The predicted octanol–water partition coefficient (Wildman–Crippen LogP) is 3.71. The zero-order valence-corrected chi connectivity index (χ0v) is 11.6. The van der Waals surface area contributed by atoms with Crippen LogP contribution in [-0.4, -0.2) is 11.6 Å². The van der Waals surface area contributed by atoms with Crippen molar-refractivity contribution in [3.8, 4) is 0 Å². The highest BCUT2D eigenvalue weighted by Crippen LogP contribution is 2.32. The molecule has 98 valence electrons. The fraction of sp³-hybridized carbons (Fsp3) is 0.562. The topological polar surface area (TPSA) is 17.3 Å². The summed E-state index contributed by atoms with van der Waals surface area (Å²) < 4.78 is 2.12. The van der Waals surface area contributed by atoms with Gasteiger partial charge >= 0.3 is 0 Å². The van der Waals surface area contributed by atoms with Crippen molar-refractivity contribution in [3.63, 3.8) is 0 Å². The van der Waals surface area contributed by atoms with Gasteiger partial charge in [0, 0.05) is 18.9 Å². The molecule has 0 unspecified atom stereocenters. The minimum absolute atomic E-state index is 0.804. The molecule has 2 heteroatoms. The molecular weight excluding hydrogens is 220 g/mol. The van der Waals surface area contributed by atoms with Gasteiger partial charge in [0.15, 0.2) is 0 Å². The van der Waals surface area contributed by atoms with Gasteiger partial charge < -0.3 is 4.57 Å². The lowest BCUT2D eigenvalue weighted by Crippen LogP contribution is -2.21. The molecule has 1 aliphatic rings. The Bertz CT molecular complexity index is 470. The van der Waals surface area contributed by atoms with Gasteiger partial charge in [0.1, 0.15) is 5.49 Å². The van der Waals surface area contributed by atoms with Gasteiger partial charge in [-0.05, 0) is 36.8 Å². The van der Waals surface area contributed by atoms with Gasteiger partial charge in [-0.3, -0.25) is 4.99 Å². The van der Waals surface area contributed by atoms with Crippen LogP contribution in [0.5, 0.6) is 0 Å². The van der Waals surface area contributed by atoms with E-state index in [-0.39, 0.29) is 0 Å². The van der Waals surface area contributed by atoms with E-state index in [9.17, 15) is 0 Å². The third-order valence-corrected chi connectivity index (χ3v) is 3.98. The van der Waals surface area contributed by atoms with Crippen molar-refractivity contribution in [3.05, 3.63) is 36.5 Å². The second-order valence-corrected chi connectivity index (χ2v) is 5.56. The molecular formula is C16H24N2. The number of rotatable bonds is 3. The highest BCUT2D eigenvalue weighted by Gasteiger charge is 2.19. The average Bonchev–Trinajstić information content (AvgIpc) is 2.38. The molecule has 1 aliphatic carbocycles. The molecule has 1 aromatic heterocycles. The summed E-state index contributed by atoms with van der Waals surface area (Å²) in [5.41, 5.74) is 2.17. The first-order valence-electron chi connectivity index (χ1n) is 6.99. The Balaban J connectivity index is 2.08. The monoisotopic (exact) mass is 244 g/mol. The highest BCUT2D eigenvalue weighted by atomic mass is 15.0. The molecule has 18 heavy (non-hydrogen) atoms. The summed E-state index contributed by atoms with van der Waals surface area (Å²) in [6, 6.07) is 6.10. The SMILES string of the molecule is C=C(C[C@H]1CCC[C@@H](C)C1)n1ccccc1=NC. The quantitative estimate of drug-likeness (QED) is 0.771. The van der Waals surface area contributed by atoms with Gasteiger partial charge in [0.2, 0.25) is 0 Å². The summed E-state index contributed by atoms with van der Waals surface area (Å²) in [6.45, 7) is 6.63. The third-order valence-electron chi connectivity index (χ3n) is 3.98. The second-order valence-electron chi connectivity index (χ2n) is 5.56. The number of allylic oxidation sites excluding steroid dienone is 1. The number of hydrogen-bond donors (Lipinski definition) is 0. The molecule has 0 saturated heterocycles. The maximum absolute atomic E-state index is 4.30. The van der Waals surface area contributed by atoms with Crippen LogP contribution in [0.3, 0.4) is 0 Å². The summed E-state index contributed by atoms with van der Waals surface area (Å²) >= 11 is 0. The van der Waals surface area contributed by atoms with Crippen LogP contribution in [0.15, 0.2) is 36.0 Å². The fourth-order valence-corrected chi connectivity index (χ4v) is 3.06. The average molecular weight is 244 g/mol. The van der Waals surface area contributed by atoms with E-state index >= 15 is 0 Å². The van der Waals surface area contributed by atoms with Crippen molar-refractivity contribution in [2.45, 2.75) is 39.0 Å². The van der Waals surface area contributed by atoms with Crippen molar-refractivity contribution in [1.82, 2.24) is 4.57 Å². The summed E-state index contributed by atoms with van der Waals surface area (Å²) in [7, 11) is 1.84. The molecule has 0 amide bonds. The van der Waals surface area contributed by atoms with E-state index in [0.717, 1.165) is 23.7 Å². The lowest BCUT2D eigenvalue weighted by atomic mass is 9.80. The lowest BCUT2D eigenvalue weighted by molar-refractivity contribution is 0.285. The Labute approximate surface area is 110 Å². The summed E-state index contributed by atoms with van der Waals surface area (Å²) in [5.74, 6) is 1.69. The lowest BCUT2D eigenvalue weighted by Gasteiger charge is -2.27. The van der Waals surface area contributed by atoms with Crippen LogP contribution in [0.2, 0.25) is 0 Å². The number of pyridine rings is 1. The summed E-state index contributed by atoms with van der Waals surface area (Å²) in [4.78, 5) is 4.30. The van der Waals surface area contributed by atoms with Crippen LogP contribution in [0.4, 0.5) is 0 Å². The summed E-state index contributed by atoms with van der Waals surface area (Å²) in [6.07, 6.45) is 8.65. The first-order valence-corrected chi connectivity index (χ1v) is 6.99. The first-order chi connectivity index (χ1) is 8.70. The van der Waals surface area contributed by atoms with Gasteiger partial charge in [-0.2, -0.15) is 0 Å². The van der Waals surface area contributed by atoms with E-state index in [4.69, 9.17) is 0 Å². The molecule has 1 heterocycles. The van der Waals surface area contributed by atoms with Crippen LogP contribution >= 0.6 is 0 Å². The Morgan fingerprint density at radius 1 is 1.44 bits per heavy atom. The van der Waals surface area contributed by atoms with Crippen LogP contribution in [0.1, 0.15) is 39.0 Å². The minimum atomic E-state index is 0.804. The normalized spacial score (nSPS) is 25.1. The Morgan fingerprint density at radius 2 is 2.28 bits per heavy atom. The highest BCUT2D eigenvalue weighted by molar-refractivity contribution is 5.41. The van der Waals surface area contributed by atoms with Gasteiger partial charge in [-0.15, -0.1) is 0 Å². The largest absolute Gasteiger partial charge is 0.307 e. The van der Waals surface area contributed by atoms with E-state index in [1.54, 1.807) is 0 Å². The smallest absolute Gasteiger partial charge is 0.131 e. The fourth-order valence-electron chi connectivity index (χ4n) is 3.06. The van der Waals surface area contributed by atoms with E-state index in [1.807, 2.05) is 25.2 Å². The molecule has 1 saturated carbocycles. The molecule has 0 aliphatic heterocycles. The maximum atomic E-state index is 4.30. The predicted molar refractivity (Wildman–Crippen MR) is 77.0 cm³/mol.